The van der Waals surface area contributed by atoms with E-state index in [0.717, 1.165) is 12.0 Å². The van der Waals surface area contributed by atoms with E-state index in [1.807, 2.05) is 17.0 Å². The number of benzene rings is 1. The number of likely N-dealkylation sites (tertiary alicyclic amines) is 1. The Balaban J connectivity index is 1.57. The van der Waals surface area contributed by atoms with E-state index in [1.54, 1.807) is 31.6 Å². The predicted molar refractivity (Wildman–Crippen MR) is 95.4 cm³/mol. The van der Waals surface area contributed by atoms with Gasteiger partial charge in [0, 0.05) is 26.3 Å². The van der Waals surface area contributed by atoms with Gasteiger partial charge in [0.2, 0.25) is 5.91 Å². The van der Waals surface area contributed by atoms with E-state index in [4.69, 9.17) is 9.47 Å². The molecule has 0 bridgehead atoms. The van der Waals surface area contributed by atoms with Gasteiger partial charge in [0.15, 0.2) is 0 Å². The van der Waals surface area contributed by atoms with E-state index >= 15 is 0 Å². The second kappa shape index (κ2) is 8.76. The van der Waals surface area contributed by atoms with Gasteiger partial charge in [-0.2, -0.15) is 0 Å². The fourth-order valence-corrected chi connectivity index (χ4v) is 3.18. The van der Waals surface area contributed by atoms with Gasteiger partial charge in [-0.3, -0.25) is 9.78 Å². The predicted octanol–water partition coefficient (Wildman–Crippen LogP) is 2.85. The van der Waals surface area contributed by atoms with Crippen molar-refractivity contribution < 1.29 is 18.7 Å². The van der Waals surface area contributed by atoms with Gasteiger partial charge in [-0.05, 0) is 42.7 Å². The van der Waals surface area contributed by atoms with Crippen LogP contribution in [0.15, 0.2) is 48.8 Å². The highest BCUT2D eigenvalue weighted by Gasteiger charge is 2.35. The molecule has 5 nitrogen and oxygen atoms in total. The van der Waals surface area contributed by atoms with E-state index in [9.17, 15) is 9.18 Å². The number of pyridine rings is 1. The molecule has 1 fully saturated rings. The molecule has 2 aromatic rings. The Morgan fingerprint density at radius 3 is 2.81 bits per heavy atom. The minimum atomic E-state index is -0.268. The summed E-state index contributed by atoms with van der Waals surface area (Å²) >= 11 is 0. The van der Waals surface area contributed by atoms with Gasteiger partial charge in [-0.1, -0.05) is 12.1 Å². The Morgan fingerprint density at radius 1 is 1.31 bits per heavy atom. The average Bonchev–Trinajstić information content (AvgIpc) is 3.10. The van der Waals surface area contributed by atoms with Crippen molar-refractivity contribution >= 4 is 5.91 Å². The standard InChI is InChI=1S/C20H23FN2O3/c1-25-19-11-17(14-26-18-3-2-10-22-12-18)23(13-19)20(24)9-6-15-4-7-16(21)8-5-15/h2-5,7-8,10,12,17,19H,6,9,11,13-14H2,1H3/t17-,19+/m0/s1. The van der Waals surface area contributed by atoms with Gasteiger partial charge in [-0.25, -0.2) is 4.39 Å². The van der Waals surface area contributed by atoms with Crippen molar-refractivity contribution in [2.24, 2.45) is 0 Å². The van der Waals surface area contributed by atoms with E-state index in [2.05, 4.69) is 4.98 Å². The lowest BCUT2D eigenvalue weighted by atomic mass is 10.1. The second-order valence-electron chi connectivity index (χ2n) is 6.42. The van der Waals surface area contributed by atoms with Crippen molar-refractivity contribution in [3.8, 4) is 5.75 Å². The molecule has 2 heterocycles. The van der Waals surface area contributed by atoms with Gasteiger partial charge in [0.25, 0.3) is 0 Å². The first-order chi connectivity index (χ1) is 12.7. The summed E-state index contributed by atoms with van der Waals surface area (Å²) in [4.78, 5) is 18.6. The van der Waals surface area contributed by atoms with Crippen LogP contribution in [-0.4, -0.2) is 48.2 Å². The molecule has 6 heteroatoms. The summed E-state index contributed by atoms with van der Waals surface area (Å²) in [5.74, 6) is 0.482. The zero-order chi connectivity index (χ0) is 18.4. The molecule has 1 amide bonds. The lowest BCUT2D eigenvalue weighted by Gasteiger charge is -2.24. The van der Waals surface area contributed by atoms with Crippen LogP contribution in [-0.2, 0) is 16.0 Å². The van der Waals surface area contributed by atoms with Crippen LogP contribution in [0.5, 0.6) is 5.75 Å². The molecule has 0 radical (unpaired) electrons. The smallest absolute Gasteiger partial charge is 0.223 e. The number of methoxy groups -OCH3 is 1. The monoisotopic (exact) mass is 358 g/mol. The summed E-state index contributed by atoms with van der Waals surface area (Å²) in [5.41, 5.74) is 0.949. The molecule has 0 aliphatic carbocycles. The number of amides is 1. The summed E-state index contributed by atoms with van der Waals surface area (Å²) in [6.45, 7) is 0.980. The third-order valence-corrected chi connectivity index (χ3v) is 4.65. The first kappa shape index (κ1) is 18.3. The Bertz CT molecular complexity index is 709. The van der Waals surface area contributed by atoms with Crippen LogP contribution in [0.2, 0.25) is 0 Å². The number of hydrogen-bond donors (Lipinski definition) is 0. The van der Waals surface area contributed by atoms with Crippen molar-refractivity contribution in [2.45, 2.75) is 31.4 Å². The fourth-order valence-electron chi connectivity index (χ4n) is 3.18. The molecule has 2 atom stereocenters. The molecule has 26 heavy (non-hydrogen) atoms. The number of aryl methyl sites for hydroxylation is 1. The van der Waals surface area contributed by atoms with Crippen molar-refractivity contribution in [3.05, 3.63) is 60.2 Å². The highest BCUT2D eigenvalue weighted by Crippen LogP contribution is 2.22. The van der Waals surface area contributed by atoms with Crippen LogP contribution in [0.3, 0.4) is 0 Å². The topological polar surface area (TPSA) is 51.7 Å². The number of carbonyl (C=O) groups is 1. The van der Waals surface area contributed by atoms with E-state index in [-0.39, 0.29) is 23.9 Å². The summed E-state index contributed by atoms with van der Waals surface area (Å²) < 4.78 is 24.2. The normalized spacial score (nSPS) is 19.5. The zero-order valence-electron chi connectivity index (χ0n) is 14.8. The molecule has 1 aromatic heterocycles. The van der Waals surface area contributed by atoms with Gasteiger partial charge in [-0.15, -0.1) is 0 Å². The van der Waals surface area contributed by atoms with E-state index < -0.39 is 0 Å². The van der Waals surface area contributed by atoms with Crippen LogP contribution >= 0.6 is 0 Å². The number of aromatic nitrogens is 1. The van der Waals surface area contributed by atoms with Crippen molar-refractivity contribution in [1.29, 1.82) is 0 Å². The summed E-state index contributed by atoms with van der Waals surface area (Å²) in [6, 6.07) is 9.90. The maximum absolute atomic E-state index is 13.0. The molecule has 1 aromatic carbocycles. The minimum Gasteiger partial charge on any atom is -0.490 e. The van der Waals surface area contributed by atoms with Crippen molar-refractivity contribution in [1.82, 2.24) is 9.88 Å². The largest absolute Gasteiger partial charge is 0.490 e. The number of rotatable bonds is 7. The SMILES string of the molecule is CO[C@@H]1C[C@@H](COc2cccnc2)N(C(=O)CCc2ccc(F)cc2)C1. The average molecular weight is 358 g/mol. The molecule has 0 N–H and O–H groups in total. The van der Waals surface area contributed by atoms with Crippen LogP contribution in [0.1, 0.15) is 18.4 Å². The Hall–Kier alpha value is -2.47. The highest BCUT2D eigenvalue weighted by molar-refractivity contribution is 5.77. The van der Waals surface area contributed by atoms with Gasteiger partial charge < -0.3 is 14.4 Å². The Kier molecular flexibility index (Phi) is 6.17. The Morgan fingerprint density at radius 2 is 2.12 bits per heavy atom. The maximum Gasteiger partial charge on any atom is 0.223 e. The van der Waals surface area contributed by atoms with Crippen LogP contribution in [0.4, 0.5) is 4.39 Å². The molecule has 0 spiro atoms. The number of carbonyl (C=O) groups excluding carboxylic acids is 1. The Labute approximate surface area is 152 Å². The maximum atomic E-state index is 13.0. The van der Waals surface area contributed by atoms with Crippen molar-refractivity contribution in [3.63, 3.8) is 0 Å². The van der Waals surface area contributed by atoms with Crippen molar-refractivity contribution in [2.75, 3.05) is 20.3 Å². The number of ether oxygens (including phenoxy) is 2. The van der Waals surface area contributed by atoms with E-state index in [1.165, 1.54) is 12.1 Å². The third-order valence-electron chi connectivity index (χ3n) is 4.65. The van der Waals surface area contributed by atoms with Gasteiger partial charge in [0.1, 0.15) is 18.2 Å². The van der Waals surface area contributed by atoms with Gasteiger partial charge in [0.05, 0.1) is 18.3 Å². The number of nitrogens with zero attached hydrogens (tertiary/aromatic N) is 2. The van der Waals surface area contributed by atoms with Crippen LogP contribution < -0.4 is 4.74 Å². The first-order valence-corrected chi connectivity index (χ1v) is 8.75. The molecule has 0 unspecified atom stereocenters. The molecular formula is C20H23FN2O3. The molecule has 138 valence electrons. The van der Waals surface area contributed by atoms with Crippen LogP contribution in [0, 0.1) is 5.82 Å². The van der Waals surface area contributed by atoms with Crippen LogP contribution in [0.25, 0.3) is 0 Å². The summed E-state index contributed by atoms with van der Waals surface area (Å²) in [5, 5.41) is 0. The number of hydrogen-bond acceptors (Lipinski definition) is 4. The molecule has 1 aliphatic heterocycles. The molecule has 3 rings (SSSR count). The molecule has 1 saturated heterocycles. The third kappa shape index (κ3) is 4.79. The first-order valence-electron chi connectivity index (χ1n) is 8.75. The zero-order valence-corrected chi connectivity index (χ0v) is 14.8. The molecule has 0 saturated carbocycles. The minimum absolute atomic E-state index is 0.0206. The molecule has 1 aliphatic rings. The number of halogens is 1. The lowest BCUT2D eigenvalue weighted by Crippen LogP contribution is -2.39. The second-order valence-corrected chi connectivity index (χ2v) is 6.42. The highest BCUT2D eigenvalue weighted by atomic mass is 19.1. The fraction of sp³-hybridized carbons (Fsp3) is 0.400. The quantitative estimate of drug-likeness (QED) is 0.764. The summed E-state index contributed by atoms with van der Waals surface area (Å²) in [7, 11) is 1.66. The van der Waals surface area contributed by atoms with E-state index in [0.29, 0.717) is 31.7 Å². The lowest BCUT2D eigenvalue weighted by molar-refractivity contribution is -0.132. The summed E-state index contributed by atoms with van der Waals surface area (Å²) in [6.07, 6.45) is 5.08. The molecular weight excluding hydrogens is 335 g/mol. The van der Waals surface area contributed by atoms with Gasteiger partial charge >= 0.3 is 0 Å².